The number of nitrogens with one attached hydrogen (secondary N) is 1. The van der Waals surface area contributed by atoms with Crippen molar-refractivity contribution in [3.05, 3.63) is 34.4 Å². The number of nitrogens with two attached hydrogens (primary N) is 1. The Labute approximate surface area is 151 Å². The van der Waals surface area contributed by atoms with Crippen molar-refractivity contribution < 1.29 is 14.3 Å². The Kier molecular flexibility index (Phi) is 4.56. The first kappa shape index (κ1) is 17.5. The minimum atomic E-state index is -0.504. The van der Waals surface area contributed by atoms with Crippen molar-refractivity contribution in [3.8, 4) is 16.2 Å². The highest BCUT2D eigenvalue weighted by atomic mass is 32.1. The second kappa shape index (κ2) is 6.52. The van der Waals surface area contributed by atoms with Crippen LogP contribution in [0, 0.1) is 0 Å². The zero-order valence-corrected chi connectivity index (χ0v) is 15.7. The van der Waals surface area contributed by atoms with E-state index in [1.807, 2.05) is 0 Å². The summed E-state index contributed by atoms with van der Waals surface area (Å²) in [6.45, 7) is 5.71. The van der Waals surface area contributed by atoms with Crippen molar-refractivity contribution in [1.29, 1.82) is 0 Å². The lowest BCUT2D eigenvalue weighted by Crippen LogP contribution is -2.17. The van der Waals surface area contributed by atoms with Gasteiger partial charge in [-0.1, -0.05) is 26.0 Å². The predicted octanol–water partition coefficient (Wildman–Crippen LogP) is 3.70. The Morgan fingerprint density at radius 3 is 2.48 bits per heavy atom. The van der Waals surface area contributed by atoms with Gasteiger partial charge in [-0.15, -0.1) is 11.3 Å². The zero-order chi connectivity index (χ0) is 18.3. The highest BCUT2D eigenvalue weighted by Crippen LogP contribution is 2.48. The Balaban J connectivity index is 2.23. The molecular weight excluding hydrogens is 336 g/mol. The molecule has 5 nitrogen and oxygen atoms in total. The van der Waals surface area contributed by atoms with Gasteiger partial charge in [0.15, 0.2) is 0 Å². The van der Waals surface area contributed by atoms with E-state index in [2.05, 4.69) is 31.3 Å². The van der Waals surface area contributed by atoms with Gasteiger partial charge in [-0.3, -0.25) is 9.59 Å². The van der Waals surface area contributed by atoms with Gasteiger partial charge < -0.3 is 15.8 Å². The smallest absolute Gasteiger partial charge is 0.252 e. The van der Waals surface area contributed by atoms with Crippen LogP contribution in [-0.2, 0) is 17.6 Å². The van der Waals surface area contributed by atoms with E-state index in [0.29, 0.717) is 22.9 Å². The van der Waals surface area contributed by atoms with E-state index < -0.39 is 5.91 Å². The van der Waals surface area contributed by atoms with E-state index >= 15 is 0 Å². The van der Waals surface area contributed by atoms with Crippen molar-refractivity contribution in [2.75, 3.05) is 12.4 Å². The fourth-order valence-corrected chi connectivity index (χ4v) is 4.84. The van der Waals surface area contributed by atoms with E-state index in [9.17, 15) is 9.59 Å². The molecule has 1 aromatic carbocycles. The highest BCUT2D eigenvalue weighted by Gasteiger charge is 2.30. The van der Waals surface area contributed by atoms with Crippen LogP contribution in [0.15, 0.2) is 12.1 Å². The van der Waals surface area contributed by atoms with Crippen molar-refractivity contribution in [2.24, 2.45) is 5.73 Å². The normalized spacial score (nSPS) is 12.5. The van der Waals surface area contributed by atoms with Gasteiger partial charge in [-0.25, -0.2) is 0 Å². The van der Waals surface area contributed by atoms with Crippen LogP contribution < -0.4 is 15.8 Å². The van der Waals surface area contributed by atoms with Crippen LogP contribution in [0.2, 0.25) is 0 Å². The minimum Gasteiger partial charge on any atom is -0.496 e. The summed E-state index contributed by atoms with van der Waals surface area (Å²) in [5.74, 6) is 0.568. The lowest BCUT2D eigenvalue weighted by molar-refractivity contribution is -0.114. The topological polar surface area (TPSA) is 81.4 Å². The molecule has 6 heteroatoms. The van der Waals surface area contributed by atoms with Gasteiger partial charge in [0, 0.05) is 17.4 Å². The minimum absolute atomic E-state index is 0.214. The third kappa shape index (κ3) is 2.91. The van der Waals surface area contributed by atoms with Crippen LogP contribution in [0.25, 0.3) is 10.4 Å². The van der Waals surface area contributed by atoms with E-state index in [0.717, 1.165) is 33.7 Å². The number of fused-ring (bicyclic) bond motifs is 3. The molecule has 1 heterocycles. The second-order valence-electron chi connectivity index (χ2n) is 6.53. The molecule has 2 aromatic rings. The summed E-state index contributed by atoms with van der Waals surface area (Å²) in [5.41, 5.74) is 10.4. The van der Waals surface area contributed by atoms with Crippen molar-refractivity contribution in [2.45, 2.75) is 39.5 Å². The standard InChI is InChI=1S/C19H22N2O3S/c1-9(2)11-5-7-13-12(16(11)24-4)6-8-14-15(18(20)23)19(21-10(3)22)25-17(13)14/h5,7,9H,6,8H2,1-4H3,(H2,20,23)(H,21,22). The molecule has 3 N–H and O–H groups in total. The summed E-state index contributed by atoms with van der Waals surface area (Å²) in [5, 5.41) is 3.28. The van der Waals surface area contributed by atoms with Crippen molar-refractivity contribution >= 4 is 28.2 Å². The molecular formula is C19H22N2O3S. The molecule has 2 amide bonds. The number of hydrogen-bond donors (Lipinski definition) is 2. The lowest BCUT2D eigenvalue weighted by atomic mass is 9.85. The number of methoxy groups -OCH3 is 1. The Morgan fingerprint density at radius 2 is 1.92 bits per heavy atom. The Morgan fingerprint density at radius 1 is 1.24 bits per heavy atom. The van der Waals surface area contributed by atoms with Gasteiger partial charge in [-0.2, -0.15) is 0 Å². The van der Waals surface area contributed by atoms with Gasteiger partial charge in [0.25, 0.3) is 5.91 Å². The maximum atomic E-state index is 12.0. The molecule has 1 aliphatic rings. The van der Waals surface area contributed by atoms with Crippen LogP contribution >= 0.6 is 11.3 Å². The van der Waals surface area contributed by atoms with Gasteiger partial charge in [-0.05, 0) is 35.4 Å². The maximum absolute atomic E-state index is 12.0. The van der Waals surface area contributed by atoms with Crippen LogP contribution in [0.4, 0.5) is 5.00 Å². The molecule has 0 radical (unpaired) electrons. The monoisotopic (exact) mass is 358 g/mol. The number of anilines is 1. The molecule has 1 aliphatic carbocycles. The molecule has 0 aliphatic heterocycles. The first-order valence-corrected chi connectivity index (χ1v) is 9.10. The molecule has 3 rings (SSSR count). The maximum Gasteiger partial charge on any atom is 0.252 e. The van der Waals surface area contributed by atoms with Crippen LogP contribution in [0.5, 0.6) is 5.75 Å². The average Bonchev–Trinajstić information content (AvgIpc) is 2.90. The summed E-state index contributed by atoms with van der Waals surface area (Å²) < 4.78 is 5.71. The van der Waals surface area contributed by atoms with Gasteiger partial charge >= 0.3 is 0 Å². The second-order valence-corrected chi connectivity index (χ2v) is 7.55. The van der Waals surface area contributed by atoms with E-state index in [4.69, 9.17) is 10.5 Å². The predicted molar refractivity (Wildman–Crippen MR) is 101 cm³/mol. The first-order chi connectivity index (χ1) is 11.8. The molecule has 0 spiro atoms. The number of carbonyl (C=O) groups is 2. The fourth-order valence-electron chi connectivity index (χ4n) is 3.48. The number of primary amides is 1. The quantitative estimate of drug-likeness (QED) is 0.874. The van der Waals surface area contributed by atoms with Gasteiger partial charge in [0.1, 0.15) is 10.8 Å². The number of carbonyl (C=O) groups excluding carboxylic acids is 2. The first-order valence-electron chi connectivity index (χ1n) is 8.28. The number of thiophene rings is 1. The lowest BCUT2D eigenvalue weighted by Gasteiger charge is -2.23. The number of ether oxygens (including phenoxy) is 1. The van der Waals surface area contributed by atoms with E-state index in [1.54, 1.807) is 7.11 Å². The fraction of sp³-hybridized carbons (Fsp3) is 0.368. The summed E-state index contributed by atoms with van der Waals surface area (Å²) in [6, 6.07) is 4.17. The molecule has 25 heavy (non-hydrogen) atoms. The third-order valence-corrected chi connectivity index (χ3v) is 5.71. The van der Waals surface area contributed by atoms with Gasteiger partial charge in [0.2, 0.25) is 5.91 Å². The average molecular weight is 358 g/mol. The van der Waals surface area contributed by atoms with Crippen LogP contribution in [0.3, 0.4) is 0 Å². The third-order valence-electron chi connectivity index (χ3n) is 4.53. The molecule has 0 saturated heterocycles. The zero-order valence-electron chi connectivity index (χ0n) is 14.9. The summed E-state index contributed by atoms with van der Waals surface area (Å²) in [6.07, 6.45) is 1.48. The van der Waals surface area contributed by atoms with E-state index in [-0.39, 0.29) is 5.91 Å². The van der Waals surface area contributed by atoms with Gasteiger partial charge in [0.05, 0.1) is 12.7 Å². The summed E-state index contributed by atoms with van der Waals surface area (Å²) in [4.78, 5) is 24.5. The molecule has 132 valence electrons. The molecule has 0 atom stereocenters. The number of rotatable bonds is 4. The van der Waals surface area contributed by atoms with Crippen LogP contribution in [0.1, 0.15) is 53.7 Å². The number of hydrogen-bond acceptors (Lipinski definition) is 4. The molecule has 0 bridgehead atoms. The largest absolute Gasteiger partial charge is 0.496 e. The van der Waals surface area contributed by atoms with E-state index in [1.165, 1.54) is 23.8 Å². The number of benzene rings is 1. The van der Waals surface area contributed by atoms with Crippen LogP contribution in [-0.4, -0.2) is 18.9 Å². The molecule has 0 saturated carbocycles. The Hall–Kier alpha value is -2.34. The number of amides is 2. The molecule has 0 unspecified atom stereocenters. The molecule has 0 fully saturated rings. The SMILES string of the molecule is COc1c(C(C)C)ccc2c1CCc1c-2sc(NC(C)=O)c1C(N)=O. The summed E-state index contributed by atoms with van der Waals surface area (Å²) >= 11 is 1.41. The summed E-state index contributed by atoms with van der Waals surface area (Å²) in [7, 11) is 1.70. The highest BCUT2D eigenvalue weighted by molar-refractivity contribution is 7.20. The Bertz CT molecular complexity index is 868. The molecule has 1 aromatic heterocycles. The van der Waals surface area contributed by atoms with Crippen molar-refractivity contribution in [1.82, 2.24) is 0 Å². The van der Waals surface area contributed by atoms with Crippen molar-refractivity contribution in [3.63, 3.8) is 0 Å².